The van der Waals surface area contributed by atoms with Gasteiger partial charge in [0.05, 0.1) is 22.9 Å². The summed E-state index contributed by atoms with van der Waals surface area (Å²) in [5, 5.41) is 6.40. The van der Waals surface area contributed by atoms with E-state index in [1.54, 1.807) is 36.4 Å². The number of para-hydroxylation sites is 1. The smallest absolute Gasteiger partial charge is 0.253 e. The molecule has 1 atom stereocenters. The Morgan fingerprint density at radius 3 is 2.59 bits per heavy atom. The zero-order valence-corrected chi connectivity index (χ0v) is 21.5. The lowest BCUT2D eigenvalue weighted by molar-refractivity contribution is -0.120. The van der Waals surface area contributed by atoms with Crippen molar-refractivity contribution in [3.8, 4) is 0 Å². The van der Waals surface area contributed by atoms with Crippen LogP contribution in [-0.4, -0.2) is 44.2 Å². The van der Waals surface area contributed by atoms with Crippen LogP contribution in [0.1, 0.15) is 42.6 Å². The molecular formula is C24H29Cl2N3O4S. The van der Waals surface area contributed by atoms with E-state index in [0.717, 1.165) is 0 Å². The molecule has 2 aromatic carbocycles. The summed E-state index contributed by atoms with van der Waals surface area (Å²) in [6.07, 6.45) is 1.11. The molecule has 0 saturated carbocycles. The number of amides is 2. The number of carbonyl (C=O) groups is 2. The Balaban J connectivity index is 1.68. The SMILES string of the molecule is CC(C)CNC(=O)c1ccccc1NC(=O)[C@@H]1CCCN(S(=O)(=O)Cc2ccc(Cl)cc2Cl)C1. The predicted octanol–water partition coefficient (Wildman–Crippen LogP) is 4.56. The second-order valence-electron chi connectivity index (χ2n) is 8.83. The molecule has 0 unspecified atom stereocenters. The molecule has 34 heavy (non-hydrogen) atoms. The summed E-state index contributed by atoms with van der Waals surface area (Å²) in [5.74, 6) is -1.08. The molecule has 1 fully saturated rings. The summed E-state index contributed by atoms with van der Waals surface area (Å²) in [5.41, 5.74) is 1.23. The summed E-state index contributed by atoms with van der Waals surface area (Å²) in [6.45, 7) is 4.93. The van der Waals surface area contributed by atoms with Crippen molar-refractivity contribution < 1.29 is 18.0 Å². The van der Waals surface area contributed by atoms with Crippen LogP contribution >= 0.6 is 23.2 Å². The first-order valence-corrected chi connectivity index (χ1v) is 13.5. The van der Waals surface area contributed by atoms with Crippen LogP contribution in [0.4, 0.5) is 5.69 Å². The molecule has 1 aliphatic heterocycles. The van der Waals surface area contributed by atoms with Gasteiger partial charge in [0.15, 0.2) is 0 Å². The fourth-order valence-electron chi connectivity index (χ4n) is 3.75. The number of carbonyl (C=O) groups excluding carboxylic acids is 2. The van der Waals surface area contributed by atoms with E-state index in [-0.39, 0.29) is 29.1 Å². The molecule has 1 aliphatic rings. The number of piperidine rings is 1. The van der Waals surface area contributed by atoms with Crippen molar-refractivity contribution in [3.05, 3.63) is 63.6 Å². The van der Waals surface area contributed by atoms with Crippen LogP contribution in [0.2, 0.25) is 10.0 Å². The second kappa shape index (κ2) is 11.5. The highest BCUT2D eigenvalue weighted by Crippen LogP contribution is 2.27. The first kappa shape index (κ1) is 26.5. The maximum Gasteiger partial charge on any atom is 0.253 e. The molecule has 1 saturated heterocycles. The van der Waals surface area contributed by atoms with Crippen LogP contribution in [0.3, 0.4) is 0 Å². The maximum atomic E-state index is 13.0. The third-order valence-electron chi connectivity index (χ3n) is 5.60. The summed E-state index contributed by atoms with van der Waals surface area (Å²) in [7, 11) is -3.69. The average Bonchev–Trinajstić information content (AvgIpc) is 2.79. The second-order valence-corrected chi connectivity index (χ2v) is 11.6. The number of sulfonamides is 1. The van der Waals surface area contributed by atoms with Gasteiger partial charge in [-0.2, -0.15) is 0 Å². The fraction of sp³-hybridized carbons (Fsp3) is 0.417. The predicted molar refractivity (Wildman–Crippen MR) is 136 cm³/mol. The van der Waals surface area contributed by atoms with Gasteiger partial charge >= 0.3 is 0 Å². The Morgan fingerprint density at radius 2 is 1.88 bits per heavy atom. The van der Waals surface area contributed by atoms with Gasteiger partial charge in [0.2, 0.25) is 15.9 Å². The Hall–Kier alpha value is -2.13. The summed E-state index contributed by atoms with van der Waals surface area (Å²) < 4.78 is 27.4. The molecule has 3 rings (SSSR count). The summed E-state index contributed by atoms with van der Waals surface area (Å²) >= 11 is 12.1. The van der Waals surface area contributed by atoms with E-state index in [4.69, 9.17) is 23.2 Å². The molecule has 2 N–H and O–H groups in total. The lowest BCUT2D eigenvalue weighted by Gasteiger charge is -2.31. The van der Waals surface area contributed by atoms with E-state index in [9.17, 15) is 18.0 Å². The standard InChI is InChI=1S/C24H29Cl2N3O4S/c1-16(2)13-27-24(31)20-7-3-4-8-22(20)28-23(30)17-6-5-11-29(14-17)34(32,33)15-18-9-10-19(25)12-21(18)26/h3-4,7-10,12,16-17H,5-6,11,13-15H2,1-2H3,(H,27,31)(H,28,30)/t17-/m1/s1. The van der Waals surface area contributed by atoms with Gasteiger partial charge in [-0.05, 0) is 48.6 Å². The highest BCUT2D eigenvalue weighted by atomic mass is 35.5. The number of benzene rings is 2. The Kier molecular flexibility index (Phi) is 8.98. The normalized spacial score (nSPS) is 16.9. The Bertz CT molecular complexity index is 1150. The molecular weight excluding hydrogens is 497 g/mol. The molecule has 0 aliphatic carbocycles. The quantitative estimate of drug-likeness (QED) is 0.527. The van der Waals surface area contributed by atoms with Crippen molar-refractivity contribution in [2.75, 3.05) is 25.0 Å². The van der Waals surface area contributed by atoms with Gasteiger partial charge in [0, 0.05) is 29.7 Å². The molecule has 0 radical (unpaired) electrons. The van der Waals surface area contributed by atoms with Crippen LogP contribution in [0, 0.1) is 11.8 Å². The molecule has 0 spiro atoms. The van der Waals surface area contributed by atoms with Gasteiger partial charge in [0.1, 0.15) is 0 Å². The Labute approximate surface area is 210 Å². The Morgan fingerprint density at radius 1 is 1.15 bits per heavy atom. The molecule has 2 amide bonds. The minimum absolute atomic E-state index is 0.0705. The zero-order valence-electron chi connectivity index (χ0n) is 19.2. The van der Waals surface area contributed by atoms with Crippen LogP contribution in [0.5, 0.6) is 0 Å². The number of nitrogens with zero attached hydrogens (tertiary/aromatic N) is 1. The van der Waals surface area contributed by atoms with E-state index >= 15 is 0 Å². The van der Waals surface area contributed by atoms with Crippen molar-refractivity contribution in [1.29, 1.82) is 0 Å². The third kappa shape index (κ3) is 6.95. The monoisotopic (exact) mass is 525 g/mol. The van der Waals surface area contributed by atoms with Crippen LogP contribution < -0.4 is 10.6 Å². The average molecular weight is 526 g/mol. The molecule has 184 valence electrons. The lowest BCUT2D eigenvalue weighted by atomic mass is 9.98. The molecule has 2 aromatic rings. The third-order valence-corrected chi connectivity index (χ3v) is 7.98. The van der Waals surface area contributed by atoms with Gasteiger partial charge in [-0.15, -0.1) is 0 Å². The minimum Gasteiger partial charge on any atom is -0.352 e. The van der Waals surface area contributed by atoms with E-state index in [0.29, 0.717) is 53.7 Å². The van der Waals surface area contributed by atoms with Crippen molar-refractivity contribution in [2.45, 2.75) is 32.4 Å². The van der Waals surface area contributed by atoms with Crippen molar-refractivity contribution in [1.82, 2.24) is 9.62 Å². The van der Waals surface area contributed by atoms with E-state index in [2.05, 4.69) is 10.6 Å². The molecule has 0 bridgehead atoms. The number of rotatable bonds is 8. The van der Waals surface area contributed by atoms with Gasteiger partial charge in [-0.3, -0.25) is 9.59 Å². The summed E-state index contributed by atoms with van der Waals surface area (Å²) in [4.78, 5) is 25.6. The van der Waals surface area contributed by atoms with Crippen molar-refractivity contribution >= 4 is 50.7 Å². The zero-order chi connectivity index (χ0) is 24.9. The first-order chi connectivity index (χ1) is 16.1. The molecule has 1 heterocycles. The minimum atomic E-state index is -3.69. The van der Waals surface area contributed by atoms with Gasteiger partial charge in [-0.1, -0.05) is 55.2 Å². The maximum absolute atomic E-state index is 13.0. The first-order valence-electron chi connectivity index (χ1n) is 11.2. The number of hydrogen-bond donors (Lipinski definition) is 2. The topological polar surface area (TPSA) is 95.6 Å². The van der Waals surface area contributed by atoms with Crippen LogP contribution in [-0.2, 0) is 20.6 Å². The highest BCUT2D eigenvalue weighted by molar-refractivity contribution is 7.88. The fourth-order valence-corrected chi connectivity index (χ4v) is 5.95. The number of nitrogens with one attached hydrogen (secondary N) is 2. The number of halogens is 2. The summed E-state index contributed by atoms with van der Waals surface area (Å²) in [6, 6.07) is 11.5. The van der Waals surface area contributed by atoms with Crippen molar-refractivity contribution in [3.63, 3.8) is 0 Å². The molecule has 10 heteroatoms. The lowest BCUT2D eigenvalue weighted by Crippen LogP contribution is -2.44. The molecule has 7 nitrogen and oxygen atoms in total. The van der Waals surface area contributed by atoms with Gasteiger partial charge in [0.25, 0.3) is 5.91 Å². The largest absolute Gasteiger partial charge is 0.352 e. The van der Waals surface area contributed by atoms with E-state index in [1.807, 2.05) is 13.8 Å². The number of hydrogen-bond acceptors (Lipinski definition) is 4. The number of anilines is 1. The van der Waals surface area contributed by atoms with Gasteiger partial charge in [-0.25, -0.2) is 12.7 Å². The van der Waals surface area contributed by atoms with E-state index < -0.39 is 15.9 Å². The van der Waals surface area contributed by atoms with Gasteiger partial charge < -0.3 is 10.6 Å². The van der Waals surface area contributed by atoms with E-state index in [1.165, 1.54) is 10.4 Å². The van der Waals surface area contributed by atoms with Crippen LogP contribution in [0.15, 0.2) is 42.5 Å². The van der Waals surface area contributed by atoms with Crippen molar-refractivity contribution in [2.24, 2.45) is 11.8 Å². The van der Waals surface area contributed by atoms with Crippen LogP contribution in [0.25, 0.3) is 0 Å². The molecule has 0 aromatic heterocycles. The highest BCUT2D eigenvalue weighted by Gasteiger charge is 2.33.